The third kappa shape index (κ3) is 2.37. The van der Waals surface area contributed by atoms with Gasteiger partial charge < -0.3 is 0 Å². The first kappa shape index (κ1) is 13.0. The Labute approximate surface area is 112 Å². The van der Waals surface area contributed by atoms with Crippen LogP contribution in [0.2, 0.25) is 10.0 Å². The van der Waals surface area contributed by atoms with Gasteiger partial charge in [-0.2, -0.15) is 0 Å². The fourth-order valence-corrected chi connectivity index (χ4v) is 2.09. The zero-order valence-corrected chi connectivity index (χ0v) is 10.4. The number of carbonyl (C=O) groups excluding carboxylic acids is 1. The third-order valence-electron chi connectivity index (χ3n) is 2.43. The summed E-state index contributed by atoms with van der Waals surface area (Å²) in [5.41, 5.74) is 1.10. The average molecular weight is 287 g/mol. The minimum absolute atomic E-state index is 0.0506. The third-order valence-corrected chi connectivity index (χ3v) is 3.05. The molecule has 0 fully saturated rings. The molecule has 5 heteroatoms. The molecule has 0 saturated heterocycles. The lowest BCUT2D eigenvalue weighted by Crippen LogP contribution is -1.89. The molecule has 0 aliphatic heterocycles. The molecule has 0 aliphatic rings. The van der Waals surface area contributed by atoms with Gasteiger partial charge in [0.2, 0.25) is 0 Å². The molecule has 0 aliphatic carbocycles. The highest BCUT2D eigenvalue weighted by Crippen LogP contribution is 2.34. The fraction of sp³-hybridized carbons (Fsp3) is 0. The van der Waals surface area contributed by atoms with Crippen LogP contribution in [-0.4, -0.2) is 6.29 Å². The number of aldehydes is 1. The molecule has 0 saturated carbocycles. The Bertz CT molecular complexity index is 627. The Morgan fingerprint density at radius 3 is 2.11 bits per heavy atom. The lowest BCUT2D eigenvalue weighted by molar-refractivity contribution is 0.112. The number of carbonyl (C=O) groups is 1. The van der Waals surface area contributed by atoms with Crippen LogP contribution in [0.5, 0.6) is 0 Å². The molecule has 18 heavy (non-hydrogen) atoms. The molecule has 0 amide bonds. The monoisotopic (exact) mass is 286 g/mol. The summed E-state index contributed by atoms with van der Waals surface area (Å²) in [7, 11) is 0. The number of hydrogen-bond donors (Lipinski definition) is 0. The van der Waals surface area contributed by atoms with Gasteiger partial charge in [0, 0.05) is 21.7 Å². The Kier molecular flexibility index (Phi) is 3.64. The molecule has 2 aromatic carbocycles. The van der Waals surface area contributed by atoms with Gasteiger partial charge in [-0.05, 0) is 18.2 Å². The summed E-state index contributed by atoms with van der Waals surface area (Å²) in [5.74, 6) is -2.03. The normalized spacial score (nSPS) is 10.4. The van der Waals surface area contributed by atoms with E-state index >= 15 is 0 Å². The van der Waals surface area contributed by atoms with Crippen molar-refractivity contribution in [3.8, 4) is 11.1 Å². The predicted octanol–water partition coefficient (Wildman–Crippen LogP) is 4.75. The van der Waals surface area contributed by atoms with Crippen LogP contribution in [-0.2, 0) is 0 Å². The number of benzene rings is 2. The second kappa shape index (κ2) is 5.04. The van der Waals surface area contributed by atoms with Gasteiger partial charge in [-0.15, -0.1) is 0 Å². The Hall–Kier alpha value is -1.45. The zero-order chi connectivity index (χ0) is 13.3. The van der Waals surface area contributed by atoms with E-state index in [4.69, 9.17) is 23.2 Å². The van der Waals surface area contributed by atoms with E-state index in [0.29, 0.717) is 17.4 Å². The number of hydrogen-bond acceptors (Lipinski definition) is 1. The van der Waals surface area contributed by atoms with Crippen LogP contribution < -0.4 is 0 Å². The summed E-state index contributed by atoms with van der Waals surface area (Å²) in [6.45, 7) is 0. The molecule has 2 aromatic rings. The van der Waals surface area contributed by atoms with Crippen molar-refractivity contribution in [3.05, 3.63) is 57.6 Å². The fourth-order valence-electron chi connectivity index (χ4n) is 1.55. The molecule has 2 rings (SSSR count). The average Bonchev–Trinajstić information content (AvgIpc) is 2.34. The lowest BCUT2D eigenvalue weighted by Gasteiger charge is -2.08. The van der Waals surface area contributed by atoms with E-state index in [1.807, 2.05) is 0 Å². The topological polar surface area (TPSA) is 17.1 Å². The van der Waals surface area contributed by atoms with Gasteiger partial charge >= 0.3 is 0 Å². The van der Waals surface area contributed by atoms with Crippen molar-refractivity contribution in [2.45, 2.75) is 0 Å². The predicted molar refractivity (Wildman–Crippen MR) is 67.2 cm³/mol. The number of halogens is 4. The highest BCUT2D eigenvalue weighted by Gasteiger charge is 2.13. The first-order valence-electron chi connectivity index (χ1n) is 4.92. The largest absolute Gasteiger partial charge is 0.298 e. The first-order valence-corrected chi connectivity index (χ1v) is 5.68. The summed E-state index contributed by atoms with van der Waals surface area (Å²) in [6.07, 6.45) is 0.641. The quantitative estimate of drug-likeness (QED) is 0.575. The van der Waals surface area contributed by atoms with Crippen LogP contribution in [0.4, 0.5) is 8.78 Å². The number of rotatable bonds is 2. The van der Waals surface area contributed by atoms with Gasteiger partial charge in [0.05, 0.1) is 5.02 Å². The van der Waals surface area contributed by atoms with Crippen molar-refractivity contribution in [1.29, 1.82) is 0 Å². The summed E-state index contributed by atoms with van der Waals surface area (Å²) >= 11 is 11.8. The molecule has 0 unspecified atom stereocenters. The molecule has 0 heterocycles. The van der Waals surface area contributed by atoms with Crippen molar-refractivity contribution >= 4 is 29.5 Å². The molecule has 0 atom stereocenters. The van der Waals surface area contributed by atoms with E-state index in [0.717, 1.165) is 12.1 Å². The molecule has 0 N–H and O–H groups in total. The second-order valence-corrected chi connectivity index (χ2v) is 4.42. The summed E-state index contributed by atoms with van der Waals surface area (Å²) in [5, 5.41) is 0.294. The molecule has 0 spiro atoms. The SMILES string of the molecule is O=Cc1ccc(-c2cc(F)c(F)cc2Cl)c(Cl)c1. The van der Waals surface area contributed by atoms with Crippen molar-refractivity contribution in [2.75, 3.05) is 0 Å². The smallest absolute Gasteiger partial charge is 0.160 e. The second-order valence-electron chi connectivity index (χ2n) is 3.60. The summed E-state index contributed by atoms with van der Waals surface area (Å²) < 4.78 is 26.1. The minimum Gasteiger partial charge on any atom is -0.298 e. The van der Waals surface area contributed by atoms with Crippen LogP contribution >= 0.6 is 23.2 Å². The first-order chi connectivity index (χ1) is 8.52. The van der Waals surface area contributed by atoms with Gasteiger partial charge in [0.1, 0.15) is 6.29 Å². The van der Waals surface area contributed by atoms with Crippen LogP contribution in [0, 0.1) is 11.6 Å². The van der Waals surface area contributed by atoms with E-state index < -0.39 is 11.6 Å². The maximum absolute atomic E-state index is 13.2. The van der Waals surface area contributed by atoms with Crippen molar-refractivity contribution in [3.63, 3.8) is 0 Å². The Morgan fingerprint density at radius 1 is 0.889 bits per heavy atom. The molecule has 1 nitrogen and oxygen atoms in total. The molecule has 0 aromatic heterocycles. The Morgan fingerprint density at radius 2 is 1.50 bits per heavy atom. The molecular formula is C13H6Cl2F2O. The van der Waals surface area contributed by atoms with E-state index in [-0.39, 0.29) is 15.6 Å². The van der Waals surface area contributed by atoms with E-state index in [1.54, 1.807) is 0 Å². The maximum atomic E-state index is 13.2. The van der Waals surface area contributed by atoms with E-state index in [9.17, 15) is 13.6 Å². The van der Waals surface area contributed by atoms with Gasteiger partial charge in [0.25, 0.3) is 0 Å². The maximum Gasteiger partial charge on any atom is 0.160 e. The van der Waals surface area contributed by atoms with Crippen LogP contribution in [0.3, 0.4) is 0 Å². The van der Waals surface area contributed by atoms with Crippen LogP contribution in [0.1, 0.15) is 10.4 Å². The highest BCUT2D eigenvalue weighted by atomic mass is 35.5. The van der Waals surface area contributed by atoms with Crippen LogP contribution in [0.15, 0.2) is 30.3 Å². The lowest BCUT2D eigenvalue weighted by atomic mass is 10.0. The standard InChI is InChI=1S/C13H6Cl2F2O/c14-10-3-7(6-18)1-2-8(10)9-4-12(16)13(17)5-11(9)15/h1-6H. The molecule has 0 radical (unpaired) electrons. The summed E-state index contributed by atoms with van der Waals surface area (Å²) in [6, 6.07) is 6.34. The molecular weight excluding hydrogens is 281 g/mol. The summed E-state index contributed by atoms with van der Waals surface area (Å²) in [4.78, 5) is 10.6. The minimum atomic E-state index is -1.02. The molecule has 0 bridgehead atoms. The van der Waals surface area contributed by atoms with Gasteiger partial charge in [-0.25, -0.2) is 8.78 Å². The highest BCUT2D eigenvalue weighted by molar-refractivity contribution is 6.36. The van der Waals surface area contributed by atoms with E-state index in [1.165, 1.54) is 18.2 Å². The van der Waals surface area contributed by atoms with Gasteiger partial charge in [0.15, 0.2) is 11.6 Å². The van der Waals surface area contributed by atoms with Crippen LogP contribution in [0.25, 0.3) is 11.1 Å². The van der Waals surface area contributed by atoms with Gasteiger partial charge in [-0.3, -0.25) is 4.79 Å². The van der Waals surface area contributed by atoms with Crippen molar-refractivity contribution in [2.24, 2.45) is 0 Å². The van der Waals surface area contributed by atoms with E-state index in [2.05, 4.69) is 0 Å². The zero-order valence-electron chi connectivity index (χ0n) is 8.88. The van der Waals surface area contributed by atoms with Crippen molar-refractivity contribution in [1.82, 2.24) is 0 Å². The Balaban J connectivity index is 2.62. The molecule has 92 valence electrons. The van der Waals surface area contributed by atoms with Crippen molar-refractivity contribution < 1.29 is 13.6 Å². The van der Waals surface area contributed by atoms with Gasteiger partial charge in [-0.1, -0.05) is 35.3 Å².